The summed E-state index contributed by atoms with van der Waals surface area (Å²) in [4.78, 5) is 0. The Morgan fingerprint density at radius 1 is 1.40 bits per heavy atom. The number of hydrazine groups is 1. The summed E-state index contributed by atoms with van der Waals surface area (Å²) in [6, 6.07) is 0. The molecule has 1 aliphatic rings. The minimum absolute atomic E-state index is 0.0844. The fraction of sp³-hybridized carbons (Fsp3) is 0.714. The second-order valence-corrected chi connectivity index (χ2v) is 2.57. The van der Waals surface area contributed by atoms with Crippen LogP contribution >= 0.6 is 0 Å². The van der Waals surface area contributed by atoms with Gasteiger partial charge in [-0.1, -0.05) is 0 Å². The van der Waals surface area contributed by atoms with Crippen LogP contribution in [0, 0.1) is 12.3 Å². The van der Waals surface area contributed by atoms with Gasteiger partial charge in [-0.3, -0.25) is 0 Å². The molecule has 3 nitrogen and oxygen atoms in total. The summed E-state index contributed by atoms with van der Waals surface area (Å²) in [7, 11) is 0. The van der Waals surface area contributed by atoms with E-state index >= 15 is 0 Å². The standard InChI is InChI=1S/C7H13N3/c1-2-3-4-7(5-6-8)9-10-7/h1,9-10H,3-6,8H2. The molecule has 0 bridgehead atoms. The summed E-state index contributed by atoms with van der Waals surface area (Å²) in [6.07, 6.45) is 7.85. The van der Waals surface area contributed by atoms with Crippen molar-refractivity contribution in [1.29, 1.82) is 0 Å². The molecule has 0 aromatic rings. The number of nitrogens with one attached hydrogen (secondary N) is 2. The summed E-state index contributed by atoms with van der Waals surface area (Å²) in [5, 5.41) is 0. The van der Waals surface area contributed by atoms with Crippen LogP contribution in [-0.4, -0.2) is 12.2 Å². The predicted molar refractivity (Wildman–Crippen MR) is 40.7 cm³/mol. The van der Waals surface area contributed by atoms with Crippen molar-refractivity contribution in [2.75, 3.05) is 6.54 Å². The molecular formula is C7H13N3. The molecule has 10 heavy (non-hydrogen) atoms. The monoisotopic (exact) mass is 139 g/mol. The minimum atomic E-state index is 0.0844. The van der Waals surface area contributed by atoms with E-state index in [2.05, 4.69) is 16.8 Å². The Bertz CT molecular complexity index is 143. The van der Waals surface area contributed by atoms with Crippen molar-refractivity contribution in [3.05, 3.63) is 0 Å². The molecule has 56 valence electrons. The quantitative estimate of drug-likeness (QED) is 0.365. The van der Waals surface area contributed by atoms with Gasteiger partial charge in [0.2, 0.25) is 0 Å². The lowest BCUT2D eigenvalue weighted by Gasteiger charge is -2.06. The van der Waals surface area contributed by atoms with Gasteiger partial charge < -0.3 is 5.73 Å². The number of hydrogen-bond acceptors (Lipinski definition) is 3. The van der Waals surface area contributed by atoms with E-state index in [-0.39, 0.29) is 5.66 Å². The van der Waals surface area contributed by atoms with Gasteiger partial charge >= 0.3 is 0 Å². The van der Waals surface area contributed by atoms with Crippen molar-refractivity contribution in [2.24, 2.45) is 5.73 Å². The van der Waals surface area contributed by atoms with Crippen LogP contribution in [0.3, 0.4) is 0 Å². The van der Waals surface area contributed by atoms with Crippen LogP contribution in [0.4, 0.5) is 0 Å². The molecule has 3 heteroatoms. The highest BCUT2D eigenvalue weighted by molar-refractivity contribution is 4.98. The Balaban J connectivity index is 2.18. The lowest BCUT2D eigenvalue weighted by Crippen LogP contribution is -2.21. The van der Waals surface area contributed by atoms with E-state index in [0.717, 1.165) is 19.3 Å². The van der Waals surface area contributed by atoms with Crippen LogP contribution < -0.4 is 16.6 Å². The van der Waals surface area contributed by atoms with Gasteiger partial charge in [-0.05, 0) is 19.4 Å². The smallest absolute Gasteiger partial charge is 0.0964 e. The Morgan fingerprint density at radius 3 is 2.50 bits per heavy atom. The zero-order valence-electron chi connectivity index (χ0n) is 5.98. The van der Waals surface area contributed by atoms with Crippen molar-refractivity contribution in [2.45, 2.75) is 24.9 Å². The Labute approximate surface area is 61.3 Å². The molecule has 1 saturated heterocycles. The molecule has 0 aromatic heterocycles. The number of hydrogen-bond donors (Lipinski definition) is 3. The van der Waals surface area contributed by atoms with E-state index in [1.165, 1.54) is 0 Å². The number of rotatable bonds is 4. The first-order valence-electron chi connectivity index (χ1n) is 3.51. The second kappa shape index (κ2) is 3.02. The van der Waals surface area contributed by atoms with Crippen LogP contribution in [0.1, 0.15) is 19.3 Å². The van der Waals surface area contributed by atoms with Crippen LogP contribution in [0.15, 0.2) is 0 Å². The normalized spacial score (nSPS) is 20.0. The topological polar surface area (TPSA) is 69.9 Å². The van der Waals surface area contributed by atoms with Crippen molar-refractivity contribution in [3.8, 4) is 12.3 Å². The zero-order valence-corrected chi connectivity index (χ0v) is 5.98. The summed E-state index contributed by atoms with van der Waals surface area (Å²) < 4.78 is 0. The second-order valence-electron chi connectivity index (χ2n) is 2.57. The average Bonchev–Trinajstić information content (AvgIpc) is 2.67. The number of terminal acetylenes is 1. The summed E-state index contributed by atoms with van der Waals surface area (Å²) in [5.41, 5.74) is 11.6. The van der Waals surface area contributed by atoms with E-state index in [9.17, 15) is 0 Å². The average molecular weight is 139 g/mol. The summed E-state index contributed by atoms with van der Waals surface area (Å²) in [6.45, 7) is 0.699. The maximum absolute atomic E-state index is 5.39. The van der Waals surface area contributed by atoms with E-state index in [0.29, 0.717) is 6.54 Å². The molecule has 0 unspecified atom stereocenters. The SMILES string of the molecule is C#CCCC1(CCN)NN1. The third-order valence-electron chi connectivity index (χ3n) is 1.75. The molecule has 1 fully saturated rings. The van der Waals surface area contributed by atoms with Gasteiger partial charge in [0.25, 0.3) is 0 Å². The summed E-state index contributed by atoms with van der Waals surface area (Å²) >= 11 is 0. The molecular weight excluding hydrogens is 126 g/mol. The van der Waals surface area contributed by atoms with E-state index < -0.39 is 0 Å². The van der Waals surface area contributed by atoms with Gasteiger partial charge in [0, 0.05) is 6.42 Å². The Morgan fingerprint density at radius 2 is 2.10 bits per heavy atom. The van der Waals surface area contributed by atoms with Gasteiger partial charge in [0.15, 0.2) is 0 Å². The van der Waals surface area contributed by atoms with Crippen LogP contribution in [0.25, 0.3) is 0 Å². The van der Waals surface area contributed by atoms with Crippen molar-refractivity contribution < 1.29 is 0 Å². The van der Waals surface area contributed by atoms with Gasteiger partial charge in [0.1, 0.15) is 0 Å². The Kier molecular flexibility index (Phi) is 2.28. The third-order valence-corrected chi connectivity index (χ3v) is 1.75. The fourth-order valence-electron chi connectivity index (χ4n) is 0.995. The van der Waals surface area contributed by atoms with Crippen LogP contribution in [-0.2, 0) is 0 Å². The molecule has 0 atom stereocenters. The largest absolute Gasteiger partial charge is 0.330 e. The van der Waals surface area contributed by atoms with Crippen molar-refractivity contribution >= 4 is 0 Å². The first-order chi connectivity index (χ1) is 4.83. The van der Waals surface area contributed by atoms with E-state index in [4.69, 9.17) is 12.2 Å². The molecule has 1 rings (SSSR count). The van der Waals surface area contributed by atoms with Crippen molar-refractivity contribution in [1.82, 2.24) is 10.9 Å². The minimum Gasteiger partial charge on any atom is -0.330 e. The number of nitrogens with two attached hydrogens (primary N) is 1. The zero-order chi connectivity index (χ0) is 7.45. The van der Waals surface area contributed by atoms with Gasteiger partial charge in [0.05, 0.1) is 5.66 Å². The van der Waals surface area contributed by atoms with Gasteiger partial charge in [-0.15, -0.1) is 12.3 Å². The highest BCUT2D eigenvalue weighted by atomic mass is 15.7. The molecule has 0 amide bonds. The summed E-state index contributed by atoms with van der Waals surface area (Å²) in [5.74, 6) is 2.60. The molecule has 0 aliphatic carbocycles. The van der Waals surface area contributed by atoms with Crippen LogP contribution in [0.5, 0.6) is 0 Å². The molecule has 0 spiro atoms. The lowest BCUT2D eigenvalue weighted by molar-refractivity contribution is 0.525. The highest BCUT2D eigenvalue weighted by Crippen LogP contribution is 2.20. The van der Waals surface area contributed by atoms with Gasteiger partial charge in [-0.25, -0.2) is 10.9 Å². The maximum Gasteiger partial charge on any atom is 0.0964 e. The molecule has 0 radical (unpaired) electrons. The first-order valence-corrected chi connectivity index (χ1v) is 3.51. The van der Waals surface area contributed by atoms with Crippen LogP contribution in [0.2, 0.25) is 0 Å². The molecule has 0 saturated carbocycles. The first kappa shape index (κ1) is 7.55. The van der Waals surface area contributed by atoms with E-state index in [1.807, 2.05) is 0 Å². The molecule has 1 heterocycles. The lowest BCUT2D eigenvalue weighted by atomic mass is 10.1. The van der Waals surface area contributed by atoms with Gasteiger partial charge in [-0.2, -0.15) is 0 Å². The molecule has 1 aliphatic heterocycles. The predicted octanol–water partition coefficient (Wildman–Crippen LogP) is -0.447. The maximum atomic E-state index is 5.39. The molecule has 4 N–H and O–H groups in total. The fourth-order valence-corrected chi connectivity index (χ4v) is 0.995. The molecule has 0 aromatic carbocycles. The Hall–Kier alpha value is -0.560. The highest BCUT2D eigenvalue weighted by Gasteiger charge is 2.39. The van der Waals surface area contributed by atoms with Crippen molar-refractivity contribution in [3.63, 3.8) is 0 Å². The third kappa shape index (κ3) is 1.71. The van der Waals surface area contributed by atoms with E-state index in [1.54, 1.807) is 0 Å².